The van der Waals surface area contributed by atoms with E-state index in [9.17, 15) is 19.5 Å². The van der Waals surface area contributed by atoms with Gasteiger partial charge in [-0.25, -0.2) is 4.79 Å². The first-order valence-corrected chi connectivity index (χ1v) is 14.8. The van der Waals surface area contributed by atoms with E-state index in [2.05, 4.69) is 17.1 Å². The number of carbonyl (C=O) groups is 3. The number of amides is 2. The molecule has 4 rings (SSSR count). The zero-order valence-corrected chi connectivity index (χ0v) is 24.6. The van der Waals surface area contributed by atoms with Gasteiger partial charge in [-0.3, -0.25) is 9.59 Å². The fourth-order valence-electron chi connectivity index (χ4n) is 6.41. The van der Waals surface area contributed by atoms with Gasteiger partial charge in [-0.2, -0.15) is 0 Å². The molecule has 1 aromatic rings. The van der Waals surface area contributed by atoms with Crippen molar-refractivity contribution in [1.29, 1.82) is 0 Å². The lowest BCUT2D eigenvalue weighted by Crippen LogP contribution is -2.73. The van der Waals surface area contributed by atoms with Gasteiger partial charge in [0.25, 0.3) is 0 Å². The van der Waals surface area contributed by atoms with Gasteiger partial charge >= 0.3 is 5.97 Å². The van der Waals surface area contributed by atoms with Gasteiger partial charge in [0.05, 0.1) is 17.8 Å². The third-order valence-electron chi connectivity index (χ3n) is 8.83. The van der Waals surface area contributed by atoms with Crippen LogP contribution < -0.4 is 10.1 Å². The van der Waals surface area contributed by atoms with Crippen LogP contribution >= 0.6 is 12.4 Å². The first-order chi connectivity index (χ1) is 18.8. The highest BCUT2D eigenvalue weighted by molar-refractivity contribution is 6.00. The van der Waals surface area contributed by atoms with Crippen LogP contribution in [0.5, 0.6) is 5.75 Å². The summed E-state index contributed by atoms with van der Waals surface area (Å²) in [5.41, 5.74) is -1.41. The van der Waals surface area contributed by atoms with Crippen LogP contribution in [0.4, 0.5) is 0 Å². The van der Waals surface area contributed by atoms with E-state index >= 15 is 0 Å². The highest BCUT2D eigenvalue weighted by Gasteiger charge is 2.54. The summed E-state index contributed by atoms with van der Waals surface area (Å²) >= 11 is 0. The molecule has 1 aromatic carbocycles. The van der Waals surface area contributed by atoms with E-state index in [-0.39, 0.29) is 29.8 Å². The number of rotatable bonds is 12. The smallest absolute Gasteiger partial charge is 0.335 e. The number of carboxylic acids is 1. The SMILES string of the molecule is CCCCN1C(=O)[C@@H](CC2(O)CCCCC2)NC(=O)C12CCN(CCCCOc1ccc(C(=O)O)cc1)CC2.Cl. The lowest BCUT2D eigenvalue weighted by Gasteiger charge is -2.52. The Morgan fingerprint density at radius 1 is 1.00 bits per heavy atom. The minimum atomic E-state index is -0.953. The van der Waals surface area contributed by atoms with E-state index in [1.807, 2.05) is 4.90 Å². The molecule has 1 saturated carbocycles. The predicted octanol–water partition coefficient (Wildman–Crippen LogP) is 4.01. The van der Waals surface area contributed by atoms with Crippen LogP contribution in [0.15, 0.2) is 24.3 Å². The molecule has 224 valence electrons. The minimum absolute atomic E-state index is 0. The summed E-state index contributed by atoms with van der Waals surface area (Å²) < 4.78 is 5.74. The highest BCUT2D eigenvalue weighted by atomic mass is 35.5. The Labute approximate surface area is 244 Å². The standard InChI is InChI=1S/C30H45N3O6.ClH/c1-2-3-18-33-26(34)25(22-29(38)13-5-4-6-14-29)31-28(37)30(33)15-19-32(20-16-30)17-7-8-21-39-24-11-9-23(10-12-24)27(35)36;/h9-12,25,38H,2-8,13-22H2,1H3,(H,31,37)(H,35,36);1H/t25-;/m1./s1. The van der Waals surface area contributed by atoms with Crippen molar-refractivity contribution in [3.05, 3.63) is 29.8 Å². The second-order valence-corrected chi connectivity index (χ2v) is 11.6. The van der Waals surface area contributed by atoms with Gasteiger partial charge in [0.2, 0.25) is 11.8 Å². The first-order valence-electron chi connectivity index (χ1n) is 14.8. The molecule has 2 amide bonds. The molecule has 3 aliphatic rings. The van der Waals surface area contributed by atoms with Gasteiger partial charge in [0.1, 0.15) is 17.3 Å². The number of nitrogens with zero attached hydrogens (tertiary/aromatic N) is 2. The topological polar surface area (TPSA) is 119 Å². The normalized spacial score (nSPS) is 22.4. The third-order valence-corrected chi connectivity index (χ3v) is 8.83. The summed E-state index contributed by atoms with van der Waals surface area (Å²) in [5.74, 6) is -0.367. The average Bonchev–Trinajstić information content (AvgIpc) is 2.93. The summed E-state index contributed by atoms with van der Waals surface area (Å²) in [6, 6.07) is 5.79. The molecule has 2 aliphatic heterocycles. The molecule has 1 spiro atoms. The Morgan fingerprint density at radius 2 is 1.68 bits per heavy atom. The van der Waals surface area contributed by atoms with Crippen LogP contribution in [0.1, 0.15) is 94.3 Å². The first kappa shape index (κ1) is 32.2. The highest BCUT2D eigenvalue weighted by Crippen LogP contribution is 2.37. The van der Waals surface area contributed by atoms with Crippen LogP contribution in [0, 0.1) is 0 Å². The molecule has 3 fully saturated rings. The molecular formula is C30H46ClN3O6. The number of carboxylic acid groups (broad SMARTS) is 1. The van der Waals surface area contributed by atoms with E-state index < -0.39 is 23.2 Å². The third kappa shape index (κ3) is 7.68. The summed E-state index contributed by atoms with van der Waals surface area (Å²) in [7, 11) is 0. The fourth-order valence-corrected chi connectivity index (χ4v) is 6.41. The molecule has 1 atom stereocenters. The number of nitrogens with one attached hydrogen (secondary N) is 1. The Balaban J connectivity index is 0.00000441. The maximum Gasteiger partial charge on any atom is 0.335 e. The second-order valence-electron chi connectivity index (χ2n) is 11.6. The molecule has 0 unspecified atom stereocenters. The average molecular weight is 580 g/mol. The van der Waals surface area contributed by atoms with Crippen molar-refractivity contribution in [3.8, 4) is 5.75 Å². The molecule has 9 nitrogen and oxygen atoms in total. The number of aromatic carboxylic acids is 1. The van der Waals surface area contributed by atoms with Crippen molar-refractivity contribution < 1.29 is 29.3 Å². The van der Waals surface area contributed by atoms with Crippen LogP contribution in [0.2, 0.25) is 0 Å². The molecule has 0 bridgehead atoms. The number of halogens is 1. The fraction of sp³-hybridized carbons (Fsp3) is 0.700. The molecule has 2 saturated heterocycles. The summed E-state index contributed by atoms with van der Waals surface area (Å²) in [6.45, 7) is 5.66. The van der Waals surface area contributed by atoms with E-state index in [4.69, 9.17) is 9.84 Å². The molecule has 1 aliphatic carbocycles. The monoisotopic (exact) mass is 579 g/mol. The number of hydrogen-bond donors (Lipinski definition) is 3. The van der Waals surface area contributed by atoms with Crippen molar-refractivity contribution in [2.24, 2.45) is 0 Å². The number of piperidine rings is 1. The van der Waals surface area contributed by atoms with Crippen molar-refractivity contribution in [2.75, 3.05) is 32.8 Å². The molecular weight excluding hydrogens is 534 g/mol. The summed E-state index contributed by atoms with van der Waals surface area (Å²) in [4.78, 5) is 42.5. The zero-order valence-electron chi connectivity index (χ0n) is 23.7. The predicted molar refractivity (Wildman–Crippen MR) is 155 cm³/mol. The number of piperazine rings is 1. The number of hydrogen-bond acceptors (Lipinski definition) is 6. The minimum Gasteiger partial charge on any atom is -0.494 e. The Kier molecular flexibility index (Phi) is 11.7. The number of unbranched alkanes of at least 4 members (excludes halogenated alkanes) is 2. The number of likely N-dealkylation sites (tertiary alicyclic amines) is 1. The van der Waals surface area contributed by atoms with Crippen LogP contribution in [0.3, 0.4) is 0 Å². The summed E-state index contributed by atoms with van der Waals surface area (Å²) in [6.07, 6.45) is 9.64. The van der Waals surface area contributed by atoms with Gasteiger partial charge in [0, 0.05) is 26.1 Å². The lowest BCUT2D eigenvalue weighted by molar-refractivity contribution is -0.163. The molecule has 2 heterocycles. The van der Waals surface area contributed by atoms with E-state index in [1.165, 1.54) is 12.1 Å². The van der Waals surface area contributed by atoms with E-state index in [1.54, 1.807) is 12.1 Å². The van der Waals surface area contributed by atoms with Crippen molar-refractivity contribution in [3.63, 3.8) is 0 Å². The molecule has 0 radical (unpaired) electrons. The Morgan fingerprint density at radius 3 is 2.30 bits per heavy atom. The maximum absolute atomic E-state index is 13.7. The number of benzene rings is 1. The second kappa shape index (κ2) is 14.5. The number of aliphatic hydroxyl groups is 1. The zero-order chi connectivity index (χ0) is 27.9. The number of carbonyl (C=O) groups excluding carboxylic acids is 2. The van der Waals surface area contributed by atoms with Crippen molar-refractivity contribution in [2.45, 2.75) is 101 Å². The van der Waals surface area contributed by atoms with Crippen LogP contribution in [-0.4, -0.2) is 87.8 Å². The lowest BCUT2D eigenvalue weighted by atomic mass is 9.77. The molecule has 40 heavy (non-hydrogen) atoms. The van der Waals surface area contributed by atoms with Gasteiger partial charge < -0.3 is 30.1 Å². The Hall–Kier alpha value is -2.36. The molecule has 0 aromatic heterocycles. The van der Waals surface area contributed by atoms with Gasteiger partial charge in [-0.05, 0) is 75.8 Å². The molecule has 3 N–H and O–H groups in total. The van der Waals surface area contributed by atoms with Crippen LogP contribution in [0.25, 0.3) is 0 Å². The molecule has 10 heteroatoms. The van der Waals surface area contributed by atoms with Crippen molar-refractivity contribution in [1.82, 2.24) is 15.1 Å². The van der Waals surface area contributed by atoms with Gasteiger partial charge in [-0.1, -0.05) is 32.6 Å². The summed E-state index contributed by atoms with van der Waals surface area (Å²) in [5, 5.41) is 23.1. The Bertz CT molecular complexity index is 990. The van der Waals surface area contributed by atoms with E-state index in [0.29, 0.717) is 51.0 Å². The van der Waals surface area contributed by atoms with Gasteiger partial charge in [0.15, 0.2) is 0 Å². The van der Waals surface area contributed by atoms with E-state index in [0.717, 1.165) is 64.6 Å². The largest absolute Gasteiger partial charge is 0.494 e. The number of ether oxygens (including phenoxy) is 1. The van der Waals surface area contributed by atoms with Crippen LogP contribution in [-0.2, 0) is 9.59 Å². The maximum atomic E-state index is 13.7. The van der Waals surface area contributed by atoms with Crippen molar-refractivity contribution >= 4 is 30.2 Å². The van der Waals surface area contributed by atoms with Gasteiger partial charge in [-0.15, -0.1) is 12.4 Å². The quantitative estimate of drug-likeness (QED) is 0.320.